The van der Waals surface area contributed by atoms with Crippen molar-refractivity contribution < 1.29 is 14.3 Å². The van der Waals surface area contributed by atoms with Gasteiger partial charge in [-0.2, -0.15) is 0 Å². The molecule has 0 aliphatic carbocycles. The van der Waals surface area contributed by atoms with Crippen molar-refractivity contribution in [2.45, 2.75) is 26.4 Å². The molecule has 1 saturated heterocycles. The average molecular weight is 368 g/mol. The van der Waals surface area contributed by atoms with Crippen molar-refractivity contribution >= 4 is 33.7 Å². The third kappa shape index (κ3) is 4.11. The normalized spacial score (nSPS) is 18.6. The Morgan fingerprint density at radius 1 is 1.50 bits per heavy atom. The van der Waals surface area contributed by atoms with Gasteiger partial charge < -0.3 is 14.4 Å². The molecule has 1 aliphatic rings. The van der Waals surface area contributed by atoms with Crippen molar-refractivity contribution in [3.05, 3.63) is 33.8 Å². The zero-order chi connectivity index (χ0) is 16.1. The third-order valence-corrected chi connectivity index (χ3v) is 4.27. The molecule has 0 amide bonds. The van der Waals surface area contributed by atoms with Gasteiger partial charge in [-0.05, 0) is 50.1 Å². The summed E-state index contributed by atoms with van der Waals surface area (Å²) in [5, 5.41) is 0. The van der Waals surface area contributed by atoms with Crippen LogP contribution in [0.5, 0.6) is 0 Å². The van der Waals surface area contributed by atoms with Gasteiger partial charge in [0.05, 0.1) is 12.7 Å². The number of esters is 1. The van der Waals surface area contributed by atoms with Crippen LogP contribution in [0.25, 0.3) is 6.08 Å². The molecule has 2 rings (SSSR count). The van der Waals surface area contributed by atoms with Crippen LogP contribution >= 0.6 is 15.9 Å². The summed E-state index contributed by atoms with van der Waals surface area (Å²) in [7, 11) is 1.75. The lowest BCUT2D eigenvalue weighted by atomic mass is 10.1. The van der Waals surface area contributed by atoms with Gasteiger partial charge in [0.25, 0.3) is 0 Å². The van der Waals surface area contributed by atoms with Crippen LogP contribution in [0.3, 0.4) is 0 Å². The predicted octanol–water partition coefficient (Wildman–Crippen LogP) is 3.64. The van der Waals surface area contributed by atoms with Crippen LogP contribution in [0, 0.1) is 0 Å². The van der Waals surface area contributed by atoms with Crippen LogP contribution in [-0.2, 0) is 14.3 Å². The summed E-state index contributed by atoms with van der Waals surface area (Å²) < 4.78 is 11.5. The number of carbonyl (C=O) groups excluding carboxylic acids is 1. The number of halogens is 1. The first-order valence-corrected chi connectivity index (χ1v) is 8.27. The fourth-order valence-electron chi connectivity index (χ4n) is 2.61. The Hall–Kier alpha value is -1.33. The van der Waals surface area contributed by atoms with Gasteiger partial charge in [0, 0.05) is 35.9 Å². The zero-order valence-corrected chi connectivity index (χ0v) is 14.9. The molecule has 1 atom stereocenters. The monoisotopic (exact) mass is 367 g/mol. The first kappa shape index (κ1) is 17.0. The third-order valence-electron chi connectivity index (χ3n) is 3.78. The van der Waals surface area contributed by atoms with Crippen molar-refractivity contribution in [1.82, 2.24) is 0 Å². The molecule has 0 spiro atoms. The second-order valence-corrected chi connectivity index (χ2v) is 6.26. The molecular weight excluding hydrogens is 346 g/mol. The molecule has 1 heterocycles. The van der Waals surface area contributed by atoms with Crippen molar-refractivity contribution in [2.24, 2.45) is 0 Å². The number of carbonyl (C=O) groups is 1. The Balaban J connectivity index is 2.29. The van der Waals surface area contributed by atoms with E-state index in [0.717, 1.165) is 35.2 Å². The molecule has 0 radical (unpaired) electrons. The number of ether oxygens (including phenoxy) is 2. The lowest BCUT2D eigenvalue weighted by Gasteiger charge is -2.21. The Morgan fingerprint density at radius 2 is 2.27 bits per heavy atom. The smallest absolute Gasteiger partial charge is 0.333 e. The van der Waals surface area contributed by atoms with Gasteiger partial charge in [-0.15, -0.1) is 0 Å². The molecule has 0 bridgehead atoms. The van der Waals surface area contributed by atoms with Gasteiger partial charge in [0.15, 0.2) is 0 Å². The van der Waals surface area contributed by atoms with E-state index in [9.17, 15) is 4.79 Å². The number of benzene rings is 1. The van der Waals surface area contributed by atoms with E-state index >= 15 is 0 Å². The maximum absolute atomic E-state index is 11.8. The van der Waals surface area contributed by atoms with Crippen molar-refractivity contribution in [1.29, 1.82) is 0 Å². The molecule has 0 N–H and O–H groups in total. The molecule has 1 aromatic rings. The minimum absolute atomic E-state index is 0.270. The number of nitrogens with zero attached hydrogens (tertiary/aromatic N) is 1. The second kappa shape index (κ2) is 7.79. The molecule has 1 aromatic carbocycles. The molecule has 0 saturated carbocycles. The van der Waals surface area contributed by atoms with E-state index in [2.05, 4.69) is 26.9 Å². The maximum Gasteiger partial charge on any atom is 0.333 e. The predicted molar refractivity (Wildman–Crippen MR) is 92.1 cm³/mol. The Bertz CT molecular complexity index is 571. The van der Waals surface area contributed by atoms with Gasteiger partial charge >= 0.3 is 5.97 Å². The number of hydrogen-bond acceptors (Lipinski definition) is 4. The number of anilines is 1. The standard InChI is InChI=1S/C17H22BrNO3/c1-4-22-17(20)12(2)9-13-10-14(18)5-6-16(13)19-8-7-15(11-19)21-3/h5-6,9-10,15H,4,7-8,11H2,1-3H3/b12-9+. The minimum atomic E-state index is -0.274. The lowest BCUT2D eigenvalue weighted by molar-refractivity contribution is -0.138. The molecule has 1 aliphatic heterocycles. The molecule has 1 fully saturated rings. The van der Waals surface area contributed by atoms with E-state index in [1.807, 2.05) is 25.1 Å². The Kier molecular flexibility index (Phi) is 6.03. The van der Waals surface area contributed by atoms with Gasteiger partial charge in [-0.3, -0.25) is 0 Å². The van der Waals surface area contributed by atoms with Crippen LogP contribution in [0.4, 0.5) is 5.69 Å². The van der Waals surface area contributed by atoms with E-state index in [1.165, 1.54) is 0 Å². The Labute approximate surface area is 140 Å². The summed E-state index contributed by atoms with van der Waals surface area (Å²) in [4.78, 5) is 14.1. The van der Waals surface area contributed by atoms with Gasteiger partial charge in [-0.1, -0.05) is 15.9 Å². The van der Waals surface area contributed by atoms with Gasteiger partial charge in [0.2, 0.25) is 0 Å². The highest BCUT2D eigenvalue weighted by Crippen LogP contribution is 2.30. The molecule has 4 nitrogen and oxygen atoms in total. The summed E-state index contributed by atoms with van der Waals surface area (Å²) >= 11 is 3.50. The largest absolute Gasteiger partial charge is 0.463 e. The van der Waals surface area contributed by atoms with Crippen molar-refractivity contribution in [3.8, 4) is 0 Å². The molecular formula is C17H22BrNO3. The van der Waals surface area contributed by atoms with Crippen molar-refractivity contribution in [2.75, 3.05) is 31.7 Å². The van der Waals surface area contributed by atoms with Crippen LogP contribution < -0.4 is 4.90 Å². The van der Waals surface area contributed by atoms with Crippen LogP contribution in [0.1, 0.15) is 25.8 Å². The number of rotatable bonds is 5. The van der Waals surface area contributed by atoms with Gasteiger partial charge in [-0.25, -0.2) is 4.79 Å². The fourth-order valence-corrected chi connectivity index (χ4v) is 2.98. The van der Waals surface area contributed by atoms with Crippen LogP contribution in [-0.4, -0.2) is 38.9 Å². The fraction of sp³-hybridized carbons (Fsp3) is 0.471. The molecule has 120 valence electrons. The first-order valence-electron chi connectivity index (χ1n) is 7.47. The lowest BCUT2D eigenvalue weighted by Crippen LogP contribution is -2.22. The highest BCUT2D eigenvalue weighted by atomic mass is 79.9. The summed E-state index contributed by atoms with van der Waals surface area (Å²) in [5.41, 5.74) is 2.73. The van der Waals surface area contributed by atoms with Crippen molar-refractivity contribution in [3.63, 3.8) is 0 Å². The summed E-state index contributed by atoms with van der Waals surface area (Å²) in [5.74, 6) is -0.274. The maximum atomic E-state index is 11.8. The molecule has 1 unspecified atom stereocenters. The highest BCUT2D eigenvalue weighted by molar-refractivity contribution is 9.10. The van der Waals surface area contributed by atoms with E-state index in [-0.39, 0.29) is 12.1 Å². The molecule has 0 aromatic heterocycles. The molecule has 5 heteroatoms. The number of hydrogen-bond donors (Lipinski definition) is 0. The first-order chi connectivity index (χ1) is 10.5. The summed E-state index contributed by atoms with van der Waals surface area (Å²) in [6, 6.07) is 6.12. The van der Waals surface area contributed by atoms with Crippen LogP contribution in [0.15, 0.2) is 28.2 Å². The second-order valence-electron chi connectivity index (χ2n) is 5.34. The van der Waals surface area contributed by atoms with E-state index in [4.69, 9.17) is 9.47 Å². The van der Waals surface area contributed by atoms with E-state index in [0.29, 0.717) is 12.2 Å². The van der Waals surface area contributed by atoms with Crippen LogP contribution in [0.2, 0.25) is 0 Å². The zero-order valence-electron chi connectivity index (χ0n) is 13.3. The minimum Gasteiger partial charge on any atom is -0.463 e. The summed E-state index contributed by atoms with van der Waals surface area (Å²) in [6.07, 6.45) is 3.18. The molecule has 22 heavy (non-hydrogen) atoms. The van der Waals surface area contributed by atoms with Gasteiger partial charge in [0.1, 0.15) is 0 Å². The highest BCUT2D eigenvalue weighted by Gasteiger charge is 2.23. The topological polar surface area (TPSA) is 38.8 Å². The van der Waals surface area contributed by atoms with E-state index in [1.54, 1.807) is 14.0 Å². The quantitative estimate of drug-likeness (QED) is 0.588. The number of methoxy groups -OCH3 is 1. The van der Waals surface area contributed by atoms with E-state index < -0.39 is 0 Å². The average Bonchev–Trinajstić information content (AvgIpc) is 2.96. The Morgan fingerprint density at radius 3 is 2.91 bits per heavy atom. The SMILES string of the molecule is CCOC(=O)/C(C)=C/c1cc(Br)ccc1N1CCC(OC)C1. The summed E-state index contributed by atoms with van der Waals surface area (Å²) in [6.45, 7) is 5.81.